The quantitative estimate of drug-likeness (QED) is 0.888. The first-order chi connectivity index (χ1) is 9.25. The summed E-state index contributed by atoms with van der Waals surface area (Å²) in [7, 11) is -1.51. The number of benzene rings is 1. The molecule has 1 saturated heterocycles. The second kappa shape index (κ2) is 7.25. The molecule has 0 aliphatic carbocycles. The zero-order chi connectivity index (χ0) is 13.5. The third kappa shape index (κ3) is 4.65. The number of hydrazine groups is 1. The summed E-state index contributed by atoms with van der Waals surface area (Å²) in [5.74, 6) is 0. The highest BCUT2D eigenvalue weighted by atomic mass is 32.2. The Kier molecular flexibility index (Phi) is 5.35. The molecule has 0 spiro atoms. The number of carbonyl (C=O) groups excluding carboxylic acids is 1. The van der Waals surface area contributed by atoms with Gasteiger partial charge < -0.3 is 0 Å². The van der Waals surface area contributed by atoms with Gasteiger partial charge in [-0.2, -0.15) is 0 Å². The Labute approximate surface area is 115 Å². The fourth-order valence-corrected chi connectivity index (χ4v) is 2.77. The lowest BCUT2D eigenvalue weighted by atomic mass is 10.2. The molecule has 0 saturated carbocycles. The number of carbonyl (C=O) groups is 1. The molecule has 5 nitrogen and oxygen atoms in total. The van der Waals surface area contributed by atoms with Gasteiger partial charge >= 0.3 is 6.03 Å². The Morgan fingerprint density at radius 2 is 1.68 bits per heavy atom. The normalized spacial score (nSPS) is 18.3. The molecule has 0 radical (unpaired) electrons. The Bertz CT molecular complexity index is 431. The zero-order valence-electron chi connectivity index (χ0n) is 10.8. The molecule has 1 atom stereocenters. The molecule has 2 amide bonds. The minimum atomic E-state index is -1.51. The van der Waals surface area contributed by atoms with Crippen LogP contribution in [0.2, 0.25) is 0 Å². The lowest BCUT2D eigenvalue weighted by Gasteiger charge is -2.20. The second-order valence-corrected chi connectivity index (χ2v) is 5.74. The average molecular weight is 281 g/mol. The number of urea groups is 1. The standard InChI is InChI=1S/C13H19N3O2S/c17-13(14-16-10-6-1-2-7-11-16)15-19(18)12-8-4-3-5-9-12/h3-5,8-9H,1-2,6-7,10-11H2,(H2,14,15,17). The third-order valence-corrected chi connectivity index (χ3v) is 4.08. The van der Waals surface area contributed by atoms with Gasteiger partial charge in [-0.15, -0.1) is 0 Å². The van der Waals surface area contributed by atoms with Crippen LogP contribution < -0.4 is 10.1 Å². The maximum absolute atomic E-state index is 11.9. The molecular weight excluding hydrogens is 262 g/mol. The Morgan fingerprint density at radius 1 is 1.05 bits per heavy atom. The van der Waals surface area contributed by atoms with Crippen molar-refractivity contribution in [1.82, 2.24) is 15.2 Å². The first kappa shape index (κ1) is 14.0. The molecule has 1 aliphatic heterocycles. The number of hydrogen-bond donors (Lipinski definition) is 2. The van der Waals surface area contributed by atoms with Crippen molar-refractivity contribution in [2.24, 2.45) is 0 Å². The van der Waals surface area contributed by atoms with Crippen molar-refractivity contribution in [1.29, 1.82) is 0 Å². The van der Waals surface area contributed by atoms with E-state index in [1.54, 1.807) is 24.3 Å². The van der Waals surface area contributed by atoms with Gasteiger partial charge in [-0.25, -0.2) is 14.0 Å². The van der Waals surface area contributed by atoms with Gasteiger partial charge in [0.15, 0.2) is 11.0 Å². The summed E-state index contributed by atoms with van der Waals surface area (Å²) in [6.45, 7) is 1.71. The summed E-state index contributed by atoms with van der Waals surface area (Å²) in [4.78, 5) is 12.3. The number of hydrogen-bond acceptors (Lipinski definition) is 3. The molecule has 104 valence electrons. The molecule has 0 aromatic heterocycles. The van der Waals surface area contributed by atoms with E-state index in [-0.39, 0.29) is 0 Å². The lowest BCUT2D eigenvalue weighted by molar-refractivity contribution is 0.184. The maximum atomic E-state index is 11.9. The van der Waals surface area contributed by atoms with Crippen LogP contribution in [-0.4, -0.2) is 28.3 Å². The second-order valence-electron chi connectivity index (χ2n) is 4.53. The highest BCUT2D eigenvalue weighted by Crippen LogP contribution is 2.07. The summed E-state index contributed by atoms with van der Waals surface area (Å²) >= 11 is 0. The molecule has 1 aromatic carbocycles. The molecule has 2 rings (SSSR count). The minimum absolute atomic E-state index is 0.413. The Hall–Kier alpha value is -1.40. The van der Waals surface area contributed by atoms with E-state index in [9.17, 15) is 9.00 Å². The monoisotopic (exact) mass is 281 g/mol. The Morgan fingerprint density at radius 3 is 2.32 bits per heavy atom. The summed E-state index contributed by atoms with van der Waals surface area (Å²) in [6.07, 6.45) is 4.58. The zero-order valence-corrected chi connectivity index (χ0v) is 11.6. The summed E-state index contributed by atoms with van der Waals surface area (Å²) in [5.41, 5.74) is 2.75. The highest BCUT2D eigenvalue weighted by Gasteiger charge is 2.13. The molecule has 19 heavy (non-hydrogen) atoms. The molecule has 2 N–H and O–H groups in total. The summed E-state index contributed by atoms with van der Waals surface area (Å²) < 4.78 is 14.3. The van der Waals surface area contributed by atoms with Gasteiger partial charge in [-0.3, -0.25) is 10.1 Å². The van der Waals surface area contributed by atoms with E-state index in [1.807, 2.05) is 11.1 Å². The Balaban J connectivity index is 1.82. The topological polar surface area (TPSA) is 61.4 Å². The predicted octanol–water partition coefficient (Wildman–Crippen LogP) is 1.80. The van der Waals surface area contributed by atoms with Crippen LogP contribution in [0.1, 0.15) is 25.7 Å². The van der Waals surface area contributed by atoms with Crippen molar-refractivity contribution >= 4 is 17.0 Å². The smallest absolute Gasteiger partial charge is 0.270 e. The van der Waals surface area contributed by atoms with E-state index in [0.29, 0.717) is 4.90 Å². The number of rotatable bonds is 3. The van der Waals surface area contributed by atoms with Gasteiger partial charge in [0.1, 0.15) is 0 Å². The molecule has 1 aliphatic rings. The van der Waals surface area contributed by atoms with E-state index in [2.05, 4.69) is 10.1 Å². The van der Waals surface area contributed by atoms with Gasteiger partial charge in [0, 0.05) is 13.1 Å². The van der Waals surface area contributed by atoms with Crippen molar-refractivity contribution in [3.05, 3.63) is 30.3 Å². The number of nitrogens with one attached hydrogen (secondary N) is 2. The van der Waals surface area contributed by atoms with Gasteiger partial charge in [-0.1, -0.05) is 31.0 Å². The molecular formula is C13H19N3O2S. The van der Waals surface area contributed by atoms with Crippen LogP contribution in [-0.2, 0) is 11.0 Å². The van der Waals surface area contributed by atoms with Crippen molar-refractivity contribution in [2.75, 3.05) is 13.1 Å². The van der Waals surface area contributed by atoms with Gasteiger partial charge in [0.25, 0.3) is 0 Å². The lowest BCUT2D eigenvalue weighted by Crippen LogP contribution is -2.48. The van der Waals surface area contributed by atoms with E-state index in [1.165, 1.54) is 12.8 Å². The van der Waals surface area contributed by atoms with Crippen LogP contribution in [0.4, 0.5) is 4.79 Å². The fourth-order valence-electron chi connectivity index (χ4n) is 2.04. The summed E-state index contributed by atoms with van der Waals surface area (Å²) in [6, 6.07) is 8.47. The van der Waals surface area contributed by atoms with E-state index >= 15 is 0 Å². The van der Waals surface area contributed by atoms with Crippen molar-refractivity contribution in [3.63, 3.8) is 0 Å². The first-order valence-electron chi connectivity index (χ1n) is 6.55. The van der Waals surface area contributed by atoms with Crippen molar-refractivity contribution < 1.29 is 9.00 Å². The van der Waals surface area contributed by atoms with E-state index < -0.39 is 17.0 Å². The molecule has 1 fully saturated rings. The molecule has 1 heterocycles. The van der Waals surface area contributed by atoms with Crippen LogP contribution in [0.25, 0.3) is 0 Å². The minimum Gasteiger partial charge on any atom is -0.270 e. The predicted molar refractivity (Wildman–Crippen MR) is 74.6 cm³/mol. The summed E-state index contributed by atoms with van der Waals surface area (Å²) in [5, 5.41) is 1.89. The SMILES string of the molecule is O=C(NN1CCCCCC1)NS(=O)c1ccccc1. The molecule has 1 aromatic rings. The van der Waals surface area contributed by atoms with Crippen LogP contribution in [0.3, 0.4) is 0 Å². The molecule has 1 unspecified atom stereocenters. The van der Waals surface area contributed by atoms with Gasteiger partial charge in [-0.05, 0) is 25.0 Å². The maximum Gasteiger partial charge on any atom is 0.341 e. The van der Waals surface area contributed by atoms with Gasteiger partial charge in [0.05, 0.1) is 4.90 Å². The van der Waals surface area contributed by atoms with Crippen LogP contribution in [0.5, 0.6) is 0 Å². The van der Waals surface area contributed by atoms with Crippen molar-refractivity contribution in [2.45, 2.75) is 30.6 Å². The number of amides is 2. The number of nitrogens with zero attached hydrogens (tertiary/aromatic N) is 1. The average Bonchev–Trinajstić information content (AvgIpc) is 2.68. The highest BCUT2D eigenvalue weighted by molar-refractivity contribution is 7.83. The molecule has 6 heteroatoms. The largest absolute Gasteiger partial charge is 0.341 e. The van der Waals surface area contributed by atoms with Crippen LogP contribution in [0.15, 0.2) is 35.2 Å². The first-order valence-corrected chi connectivity index (χ1v) is 7.70. The van der Waals surface area contributed by atoms with Crippen LogP contribution in [0, 0.1) is 0 Å². The molecule has 0 bridgehead atoms. The third-order valence-electron chi connectivity index (χ3n) is 3.01. The van der Waals surface area contributed by atoms with Crippen molar-refractivity contribution in [3.8, 4) is 0 Å². The van der Waals surface area contributed by atoms with Gasteiger partial charge in [0.2, 0.25) is 0 Å². The van der Waals surface area contributed by atoms with E-state index in [4.69, 9.17) is 0 Å². The van der Waals surface area contributed by atoms with Crippen LogP contribution >= 0.6 is 0 Å². The fraction of sp³-hybridized carbons (Fsp3) is 0.462. The van der Waals surface area contributed by atoms with E-state index in [0.717, 1.165) is 25.9 Å².